The smallest absolute Gasteiger partial charge is 0.241 e. The second-order valence-electron chi connectivity index (χ2n) is 8.47. The largest absolute Gasteiger partial charge is 0.473 e. The summed E-state index contributed by atoms with van der Waals surface area (Å²) in [5.41, 5.74) is 3.24. The number of aromatic nitrogens is 5. The molecule has 0 unspecified atom stereocenters. The molecule has 0 bridgehead atoms. The molecule has 2 atom stereocenters. The van der Waals surface area contributed by atoms with Crippen molar-refractivity contribution in [2.75, 3.05) is 6.54 Å². The minimum Gasteiger partial charge on any atom is -0.473 e. The molecule has 4 heterocycles. The van der Waals surface area contributed by atoms with Crippen molar-refractivity contribution in [1.82, 2.24) is 29.6 Å². The molecule has 3 aromatic heterocycles. The number of amides is 1. The molecule has 0 aliphatic carbocycles. The van der Waals surface area contributed by atoms with E-state index in [4.69, 9.17) is 9.72 Å². The molecule has 0 saturated carbocycles. The Balaban J connectivity index is 0.00000240. The Morgan fingerprint density at radius 1 is 1.34 bits per heavy atom. The first-order valence-electron chi connectivity index (χ1n) is 9.53. The highest BCUT2D eigenvalue weighted by atomic mass is 16.5. The van der Waals surface area contributed by atoms with Crippen molar-refractivity contribution in [3.05, 3.63) is 24.8 Å². The molecule has 0 spiro atoms. The number of imidazole rings is 1. The molecular formula is C21H30N6O2. The Morgan fingerprint density at radius 2 is 2.10 bits per heavy atom. The van der Waals surface area contributed by atoms with Crippen molar-refractivity contribution in [1.29, 1.82) is 0 Å². The zero-order valence-electron chi connectivity index (χ0n) is 16.9. The van der Waals surface area contributed by atoms with Gasteiger partial charge in [-0.05, 0) is 33.8 Å². The molecule has 1 aliphatic heterocycles. The van der Waals surface area contributed by atoms with Crippen LogP contribution in [0.4, 0.5) is 0 Å². The standard InChI is InChI=1S/C20H26N6O2.CH4/c1-12(13-6-17(27)21-8-13)28-19-18-16(22-11-25(18)5)7-15(24-19)14-9-23-26(10-14)20(2,3)4;/h7,9-13H,6,8H2,1-5H3,(H,21,27);1H4/t12-,13-;/m1./s1. The van der Waals surface area contributed by atoms with Crippen LogP contribution in [0.5, 0.6) is 5.88 Å². The number of hydrogen-bond donors (Lipinski definition) is 1. The third-order valence-electron chi connectivity index (χ3n) is 5.20. The van der Waals surface area contributed by atoms with Crippen LogP contribution < -0.4 is 10.1 Å². The SMILES string of the molecule is C.C[C@@H](Oc1nc(-c2cnn(C(C)(C)C)c2)cc2ncn(C)c12)[C@H]1CNC(=O)C1. The minimum atomic E-state index is -0.142. The van der Waals surface area contributed by atoms with E-state index in [9.17, 15) is 4.79 Å². The summed E-state index contributed by atoms with van der Waals surface area (Å²) >= 11 is 0. The number of fused-ring (bicyclic) bond motifs is 1. The molecule has 3 aromatic rings. The van der Waals surface area contributed by atoms with Crippen molar-refractivity contribution in [2.45, 2.75) is 53.2 Å². The second kappa shape index (κ2) is 7.50. The van der Waals surface area contributed by atoms with E-state index >= 15 is 0 Å². The maximum Gasteiger partial charge on any atom is 0.241 e. The van der Waals surface area contributed by atoms with Crippen LogP contribution in [0.1, 0.15) is 41.5 Å². The number of aryl methyl sites for hydroxylation is 1. The average Bonchev–Trinajstić information content (AvgIpc) is 3.34. The van der Waals surface area contributed by atoms with Crippen LogP contribution in [-0.2, 0) is 17.4 Å². The van der Waals surface area contributed by atoms with Crippen molar-refractivity contribution >= 4 is 16.9 Å². The molecule has 4 rings (SSSR count). The van der Waals surface area contributed by atoms with Crippen LogP contribution in [0.25, 0.3) is 22.3 Å². The monoisotopic (exact) mass is 398 g/mol. The number of hydrogen-bond acceptors (Lipinski definition) is 5. The first-order valence-corrected chi connectivity index (χ1v) is 9.53. The fraction of sp³-hybridized carbons (Fsp3) is 0.524. The lowest BCUT2D eigenvalue weighted by Crippen LogP contribution is -2.26. The number of carbonyl (C=O) groups is 1. The van der Waals surface area contributed by atoms with Gasteiger partial charge in [0, 0.05) is 37.7 Å². The molecule has 1 fully saturated rings. The Morgan fingerprint density at radius 3 is 2.72 bits per heavy atom. The van der Waals surface area contributed by atoms with Gasteiger partial charge in [-0.1, -0.05) is 7.43 Å². The van der Waals surface area contributed by atoms with Gasteiger partial charge in [0.05, 0.1) is 29.3 Å². The third-order valence-corrected chi connectivity index (χ3v) is 5.20. The van der Waals surface area contributed by atoms with Gasteiger partial charge in [0.25, 0.3) is 0 Å². The molecule has 1 N–H and O–H groups in total. The summed E-state index contributed by atoms with van der Waals surface area (Å²) in [6.07, 6.45) is 5.90. The second-order valence-corrected chi connectivity index (χ2v) is 8.47. The highest BCUT2D eigenvalue weighted by Gasteiger charge is 2.29. The van der Waals surface area contributed by atoms with Crippen LogP contribution in [0.2, 0.25) is 0 Å². The van der Waals surface area contributed by atoms with Crippen LogP contribution in [0, 0.1) is 5.92 Å². The van der Waals surface area contributed by atoms with E-state index in [2.05, 4.69) is 36.2 Å². The van der Waals surface area contributed by atoms with Gasteiger partial charge in [0.1, 0.15) is 11.6 Å². The van der Waals surface area contributed by atoms with Gasteiger partial charge < -0.3 is 14.6 Å². The molecule has 156 valence electrons. The van der Waals surface area contributed by atoms with Gasteiger partial charge in [-0.2, -0.15) is 5.10 Å². The Hall–Kier alpha value is -2.90. The average molecular weight is 399 g/mol. The van der Waals surface area contributed by atoms with Crippen molar-refractivity contribution in [3.63, 3.8) is 0 Å². The number of nitrogens with zero attached hydrogens (tertiary/aromatic N) is 5. The molecule has 8 heteroatoms. The van der Waals surface area contributed by atoms with Crippen LogP contribution in [-0.4, -0.2) is 42.9 Å². The third kappa shape index (κ3) is 3.97. The number of pyridine rings is 1. The maximum absolute atomic E-state index is 11.6. The number of rotatable bonds is 4. The van der Waals surface area contributed by atoms with Gasteiger partial charge in [-0.3, -0.25) is 9.48 Å². The summed E-state index contributed by atoms with van der Waals surface area (Å²) in [7, 11) is 1.92. The highest BCUT2D eigenvalue weighted by Crippen LogP contribution is 2.31. The van der Waals surface area contributed by atoms with E-state index in [0.29, 0.717) is 18.8 Å². The van der Waals surface area contributed by atoms with E-state index in [0.717, 1.165) is 22.3 Å². The lowest BCUT2D eigenvalue weighted by molar-refractivity contribution is -0.119. The van der Waals surface area contributed by atoms with Crippen LogP contribution >= 0.6 is 0 Å². The molecule has 29 heavy (non-hydrogen) atoms. The molecule has 1 aliphatic rings. The molecule has 8 nitrogen and oxygen atoms in total. The number of ether oxygens (including phenoxy) is 1. The fourth-order valence-electron chi connectivity index (χ4n) is 3.42. The van der Waals surface area contributed by atoms with Crippen LogP contribution in [0.15, 0.2) is 24.8 Å². The summed E-state index contributed by atoms with van der Waals surface area (Å²) in [6.45, 7) is 8.93. The number of nitrogens with one attached hydrogen (secondary N) is 1. The van der Waals surface area contributed by atoms with E-state index in [1.54, 1.807) is 6.33 Å². The summed E-state index contributed by atoms with van der Waals surface area (Å²) in [6, 6.07) is 1.96. The summed E-state index contributed by atoms with van der Waals surface area (Å²) < 4.78 is 10.1. The van der Waals surface area contributed by atoms with Gasteiger partial charge in [-0.15, -0.1) is 0 Å². The Labute approximate surface area is 171 Å². The quantitative estimate of drug-likeness (QED) is 0.730. The first-order chi connectivity index (χ1) is 13.2. The predicted molar refractivity (Wildman–Crippen MR) is 113 cm³/mol. The maximum atomic E-state index is 11.6. The normalized spacial score (nSPS) is 17.8. The summed E-state index contributed by atoms with van der Waals surface area (Å²) in [5.74, 6) is 0.732. The fourth-order valence-corrected chi connectivity index (χ4v) is 3.42. The van der Waals surface area contributed by atoms with Crippen molar-refractivity contribution in [3.8, 4) is 17.1 Å². The number of carbonyl (C=O) groups excluding carboxylic acids is 1. The van der Waals surface area contributed by atoms with E-state index in [1.807, 2.05) is 41.7 Å². The molecular weight excluding hydrogens is 368 g/mol. The summed E-state index contributed by atoms with van der Waals surface area (Å²) in [4.78, 5) is 20.8. The van der Waals surface area contributed by atoms with Gasteiger partial charge in [0.2, 0.25) is 11.8 Å². The Kier molecular flexibility index (Phi) is 5.38. The topological polar surface area (TPSA) is 86.9 Å². The van der Waals surface area contributed by atoms with E-state index in [1.165, 1.54) is 0 Å². The molecule has 1 amide bonds. The van der Waals surface area contributed by atoms with Crippen molar-refractivity contribution in [2.24, 2.45) is 13.0 Å². The molecule has 1 saturated heterocycles. The van der Waals surface area contributed by atoms with Gasteiger partial charge >= 0.3 is 0 Å². The Bertz CT molecular complexity index is 1030. The highest BCUT2D eigenvalue weighted by molar-refractivity contribution is 5.84. The van der Waals surface area contributed by atoms with Gasteiger partial charge in [-0.25, -0.2) is 9.97 Å². The van der Waals surface area contributed by atoms with Crippen molar-refractivity contribution < 1.29 is 9.53 Å². The zero-order valence-corrected chi connectivity index (χ0v) is 16.9. The predicted octanol–water partition coefficient (Wildman–Crippen LogP) is 3.13. The molecule has 0 radical (unpaired) electrons. The zero-order chi connectivity index (χ0) is 20.1. The first kappa shape index (κ1) is 20.8. The van der Waals surface area contributed by atoms with Gasteiger partial charge in [0.15, 0.2) is 0 Å². The van der Waals surface area contributed by atoms with E-state index < -0.39 is 0 Å². The molecule has 0 aromatic carbocycles. The summed E-state index contributed by atoms with van der Waals surface area (Å²) in [5, 5.41) is 7.34. The lowest BCUT2D eigenvalue weighted by atomic mass is 10.0. The minimum absolute atomic E-state index is 0. The van der Waals surface area contributed by atoms with Crippen LogP contribution in [0.3, 0.4) is 0 Å². The van der Waals surface area contributed by atoms with E-state index in [-0.39, 0.29) is 30.9 Å². The lowest BCUT2D eigenvalue weighted by Gasteiger charge is -2.20.